The number of nitrogens with zero attached hydrogens (tertiary/aromatic N) is 2. The van der Waals surface area contributed by atoms with Gasteiger partial charge in [0.15, 0.2) is 0 Å². The highest BCUT2D eigenvalue weighted by Crippen LogP contribution is 2.22. The summed E-state index contributed by atoms with van der Waals surface area (Å²) in [4.78, 5) is 20.7. The van der Waals surface area contributed by atoms with Crippen LogP contribution in [0.1, 0.15) is 39.5 Å². The zero-order valence-corrected chi connectivity index (χ0v) is 18.2. The molecule has 3 aromatic rings. The first-order chi connectivity index (χ1) is 15.2. The Kier molecular flexibility index (Phi) is 8.40. The first-order valence-corrected chi connectivity index (χ1v) is 10.9. The molecule has 0 aliphatic rings. The molecule has 0 aliphatic carbocycles. The Morgan fingerprint density at radius 2 is 1.74 bits per heavy atom. The topological polar surface area (TPSA) is 76.1 Å². The standard InChI is InChI=1S/C25H30N4O2/c1-3-5-9-19(4-2)17-31-25(30)29-22-14-12-21(13-15-22)28-24-16-23(26-18-27-24)20-10-7-6-8-11-20/h6-8,10-16,18-19H,3-5,9,17H2,1-2H3,(H,29,30)(H,26,27,28). The zero-order valence-electron chi connectivity index (χ0n) is 18.2. The third-order valence-corrected chi connectivity index (χ3v) is 5.13. The van der Waals surface area contributed by atoms with Gasteiger partial charge in [0, 0.05) is 23.0 Å². The summed E-state index contributed by atoms with van der Waals surface area (Å²) in [5.74, 6) is 1.12. The van der Waals surface area contributed by atoms with E-state index in [1.165, 1.54) is 0 Å². The summed E-state index contributed by atoms with van der Waals surface area (Å²) < 4.78 is 5.39. The highest BCUT2D eigenvalue weighted by Gasteiger charge is 2.10. The molecule has 0 spiro atoms. The van der Waals surface area contributed by atoms with Crippen molar-refractivity contribution in [2.75, 3.05) is 17.2 Å². The van der Waals surface area contributed by atoms with Crippen LogP contribution in [0, 0.1) is 5.92 Å². The molecule has 1 atom stereocenters. The number of benzene rings is 2. The molecule has 2 N–H and O–H groups in total. The van der Waals surface area contributed by atoms with Crippen LogP contribution in [0.15, 0.2) is 67.0 Å². The molecule has 6 heteroatoms. The number of rotatable bonds is 10. The molecule has 0 saturated heterocycles. The number of ether oxygens (including phenoxy) is 1. The van der Waals surface area contributed by atoms with E-state index in [9.17, 15) is 4.79 Å². The lowest BCUT2D eigenvalue weighted by atomic mass is 10.0. The Morgan fingerprint density at radius 3 is 2.45 bits per heavy atom. The summed E-state index contributed by atoms with van der Waals surface area (Å²) in [5, 5.41) is 6.05. The van der Waals surface area contributed by atoms with Crippen LogP contribution >= 0.6 is 0 Å². The molecule has 1 aromatic heterocycles. The van der Waals surface area contributed by atoms with E-state index in [2.05, 4.69) is 34.4 Å². The van der Waals surface area contributed by atoms with E-state index in [-0.39, 0.29) is 0 Å². The summed E-state index contributed by atoms with van der Waals surface area (Å²) in [6, 6.07) is 19.3. The van der Waals surface area contributed by atoms with Crippen LogP contribution < -0.4 is 10.6 Å². The van der Waals surface area contributed by atoms with Gasteiger partial charge in [-0.1, -0.05) is 63.4 Å². The number of anilines is 3. The summed E-state index contributed by atoms with van der Waals surface area (Å²) in [6.45, 7) is 4.76. The summed E-state index contributed by atoms with van der Waals surface area (Å²) in [7, 11) is 0. The van der Waals surface area contributed by atoms with E-state index in [4.69, 9.17) is 4.74 Å². The van der Waals surface area contributed by atoms with Crippen molar-refractivity contribution in [1.82, 2.24) is 9.97 Å². The molecule has 0 fully saturated rings. The Morgan fingerprint density at radius 1 is 1.00 bits per heavy atom. The van der Waals surface area contributed by atoms with Crippen molar-refractivity contribution >= 4 is 23.3 Å². The van der Waals surface area contributed by atoms with Crippen molar-refractivity contribution < 1.29 is 9.53 Å². The first kappa shape index (κ1) is 22.3. The number of aromatic nitrogens is 2. The van der Waals surface area contributed by atoms with Crippen LogP contribution in [-0.4, -0.2) is 22.7 Å². The second-order valence-corrected chi connectivity index (χ2v) is 7.50. The van der Waals surface area contributed by atoms with Gasteiger partial charge in [-0.2, -0.15) is 0 Å². The maximum Gasteiger partial charge on any atom is 0.411 e. The quantitative estimate of drug-likeness (QED) is 0.385. The van der Waals surface area contributed by atoms with E-state index in [1.54, 1.807) is 6.33 Å². The van der Waals surface area contributed by atoms with E-state index in [0.29, 0.717) is 24.0 Å². The van der Waals surface area contributed by atoms with Crippen molar-refractivity contribution in [3.63, 3.8) is 0 Å². The minimum absolute atomic E-state index is 0.418. The van der Waals surface area contributed by atoms with Gasteiger partial charge in [-0.3, -0.25) is 5.32 Å². The fourth-order valence-corrected chi connectivity index (χ4v) is 3.22. The number of hydrogen-bond donors (Lipinski definition) is 2. The number of amides is 1. The Labute approximate surface area is 184 Å². The number of hydrogen-bond acceptors (Lipinski definition) is 5. The minimum Gasteiger partial charge on any atom is -0.449 e. The van der Waals surface area contributed by atoms with Crippen molar-refractivity contribution in [1.29, 1.82) is 0 Å². The van der Waals surface area contributed by atoms with Gasteiger partial charge in [0.25, 0.3) is 0 Å². The maximum atomic E-state index is 12.1. The zero-order chi connectivity index (χ0) is 21.9. The maximum absolute atomic E-state index is 12.1. The minimum atomic E-state index is -0.418. The molecule has 31 heavy (non-hydrogen) atoms. The van der Waals surface area contributed by atoms with Gasteiger partial charge in [0.2, 0.25) is 0 Å². The van der Waals surface area contributed by atoms with Gasteiger partial charge in [0.1, 0.15) is 12.1 Å². The summed E-state index contributed by atoms with van der Waals surface area (Å²) in [5.41, 5.74) is 3.43. The van der Waals surface area contributed by atoms with Gasteiger partial charge in [-0.15, -0.1) is 0 Å². The normalized spacial score (nSPS) is 11.5. The predicted octanol–water partition coefficient (Wildman–Crippen LogP) is 6.65. The van der Waals surface area contributed by atoms with Gasteiger partial charge < -0.3 is 10.1 Å². The Hall–Kier alpha value is -3.41. The van der Waals surface area contributed by atoms with Gasteiger partial charge >= 0.3 is 6.09 Å². The van der Waals surface area contributed by atoms with Crippen LogP contribution in [0.25, 0.3) is 11.3 Å². The van der Waals surface area contributed by atoms with E-state index < -0.39 is 6.09 Å². The smallest absolute Gasteiger partial charge is 0.411 e. The summed E-state index contributed by atoms with van der Waals surface area (Å²) >= 11 is 0. The molecule has 6 nitrogen and oxygen atoms in total. The molecule has 1 amide bonds. The molecule has 0 aliphatic heterocycles. The van der Waals surface area contributed by atoms with Crippen molar-refractivity contribution in [2.24, 2.45) is 5.92 Å². The average Bonchev–Trinajstić information content (AvgIpc) is 2.81. The van der Waals surface area contributed by atoms with Crippen molar-refractivity contribution in [3.8, 4) is 11.3 Å². The molecule has 1 heterocycles. The average molecular weight is 419 g/mol. The van der Waals surface area contributed by atoms with Crippen molar-refractivity contribution in [3.05, 3.63) is 67.0 Å². The number of carbonyl (C=O) groups is 1. The second kappa shape index (κ2) is 11.7. The fraction of sp³-hybridized carbons (Fsp3) is 0.320. The molecular formula is C25H30N4O2. The number of carbonyl (C=O) groups excluding carboxylic acids is 1. The predicted molar refractivity (Wildman–Crippen MR) is 125 cm³/mol. The van der Waals surface area contributed by atoms with Gasteiger partial charge in [0.05, 0.1) is 12.3 Å². The monoisotopic (exact) mass is 418 g/mol. The van der Waals surface area contributed by atoms with Crippen LogP contribution in [0.2, 0.25) is 0 Å². The van der Waals surface area contributed by atoms with Crippen LogP contribution in [0.5, 0.6) is 0 Å². The molecule has 0 radical (unpaired) electrons. The molecule has 2 aromatic carbocycles. The molecule has 162 valence electrons. The lowest BCUT2D eigenvalue weighted by Crippen LogP contribution is -2.18. The van der Waals surface area contributed by atoms with E-state index >= 15 is 0 Å². The first-order valence-electron chi connectivity index (χ1n) is 10.9. The Balaban J connectivity index is 1.53. The van der Waals surface area contributed by atoms with Crippen LogP contribution in [0.4, 0.5) is 22.0 Å². The van der Waals surface area contributed by atoms with Crippen LogP contribution in [0.3, 0.4) is 0 Å². The van der Waals surface area contributed by atoms with E-state index in [1.807, 2.05) is 60.7 Å². The van der Waals surface area contributed by atoms with Gasteiger partial charge in [-0.25, -0.2) is 14.8 Å². The molecular weight excluding hydrogens is 388 g/mol. The second-order valence-electron chi connectivity index (χ2n) is 7.50. The molecule has 0 saturated carbocycles. The highest BCUT2D eigenvalue weighted by molar-refractivity contribution is 5.85. The number of unbranched alkanes of at least 4 members (excludes halogenated alkanes) is 1. The lowest BCUT2D eigenvalue weighted by molar-refractivity contribution is 0.136. The SMILES string of the molecule is CCCCC(CC)COC(=O)Nc1ccc(Nc2cc(-c3ccccc3)ncn2)cc1. The fourth-order valence-electron chi connectivity index (χ4n) is 3.22. The third kappa shape index (κ3) is 7.10. The number of nitrogens with one attached hydrogen (secondary N) is 2. The van der Waals surface area contributed by atoms with Gasteiger partial charge in [-0.05, 0) is 36.6 Å². The highest BCUT2D eigenvalue weighted by atomic mass is 16.5. The Bertz CT molecular complexity index is 945. The van der Waals surface area contributed by atoms with Crippen molar-refractivity contribution in [2.45, 2.75) is 39.5 Å². The largest absolute Gasteiger partial charge is 0.449 e. The summed E-state index contributed by atoms with van der Waals surface area (Å²) in [6.07, 6.45) is 5.56. The lowest BCUT2D eigenvalue weighted by Gasteiger charge is -2.15. The molecule has 1 unspecified atom stereocenters. The third-order valence-electron chi connectivity index (χ3n) is 5.13. The molecule has 3 rings (SSSR count). The van der Waals surface area contributed by atoms with E-state index in [0.717, 1.165) is 42.6 Å². The molecule has 0 bridgehead atoms. The van der Waals surface area contributed by atoms with Crippen LogP contribution in [-0.2, 0) is 4.74 Å².